The Morgan fingerprint density at radius 1 is 1.11 bits per heavy atom. The quantitative estimate of drug-likeness (QED) is 0.708. The monoisotopic (exact) mass is 399 g/mol. The molecule has 27 heavy (non-hydrogen) atoms. The molecule has 8 nitrogen and oxygen atoms in total. The number of anilines is 1. The van der Waals surface area contributed by atoms with E-state index in [0.29, 0.717) is 11.4 Å². The van der Waals surface area contributed by atoms with Crippen LogP contribution in [0.1, 0.15) is 0 Å². The highest BCUT2D eigenvalue weighted by atomic mass is 32.2. The third-order valence-electron chi connectivity index (χ3n) is 3.36. The fourth-order valence-corrected chi connectivity index (χ4v) is 3.28. The van der Waals surface area contributed by atoms with Crippen LogP contribution in [-0.2, 0) is 17.1 Å². The molecule has 1 aromatic heterocycles. The molecule has 3 aromatic rings. The van der Waals surface area contributed by atoms with Crippen LogP contribution in [0.2, 0.25) is 0 Å². The van der Waals surface area contributed by atoms with Gasteiger partial charge in [-0.2, -0.15) is 0 Å². The van der Waals surface area contributed by atoms with Crippen LogP contribution < -0.4 is 9.46 Å². The van der Waals surface area contributed by atoms with E-state index in [9.17, 15) is 21.6 Å². The smallest absolute Gasteiger partial charge is 0.406 e. The zero-order chi connectivity index (χ0) is 19.7. The average Bonchev–Trinajstić information content (AvgIpc) is 3.00. The van der Waals surface area contributed by atoms with Gasteiger partial charge in [-0.3, -0.25) is 4.72 Å². The lowest BCUT2D eigenvalue weighted by Gasteiger charge is -2.11. The topological polar surface area (TPSA) is 99.0 Å². The van der Waals surface area contributed by atoms with E-state index in [1.54, 1.807) is 19.2 Å². The molecule has 0 aliphatic heterocycles. The second-order valence-corrected chi connectivity index (χ2v) is 7.01. The third-order valence-corrected chi connectivity index (χ3v) is 4.76. The Bertz CT molecular complexity index is 1050. The number of nitrogens with zero attached hydrogens (tertiary/aromatic N) is 4. The van der Waals surface area contributed by atoms with Crippen LogP contribution in [0.4, 0.5) is 18.9 Å². The van der Waals surface area contributed by atoms with Gasteiger partial charge in [0.25, 0.3) is 10.0 Å². The van der Waals surface area contributed by atoms with Crippen molar-refractivity contribution in [1.29, 1.82) is 0 Å². The van der Waals surface area contributed by atoms with Crippen LogP contribution in [0.5, 0.6) is 5.75 Å². The molecule has 0 fully saturated rings. The van der Waals surface area contributed by atoms with E-state index < -0.39 is 22.1 Å². The summed E-state index contributed by atoms with van der Waals surface area (Å²) in [6.07, 6.45) is -4.85. The lowest BCUT2D eigenvalue weighted by atomic mass is 10.2. The summed E-state index contributed by atoms with van der Waals surface area (Å²) in [5, 5.41) is 11.1. The van der Waals surface area contributed by atoms with Crippen LogP contribution in [-0.4, -0.2) is 35.0 Å². The number of aryl methyl sites for hydroxylation is 1. The molecule has 1 heterocycles. The molecule has 0 amide bonds. The van der Waals surface area contributed by atoms with Crippen molar-refractivity contribution in [2.75, 3.05) is 4.72 Å². The first kappa shape index (κ1) is 18.6. The molecule has 0 aliphatic rings. The van der Waals surface area contributed by atoms with Crippen LogP contribution in [0, 0.1) is 0 Å². The zero-order valence-corrected chi connectivity index (χ0v) is 14.5. The molecule has 142 valence electrons. The Hall–Kier alpha value is -3.15. The SMILES string of the molecule is Cn1nnnc1-c1cccc(NS(=O)(=O)c2ccc(OC(F)(F)F)cc2)c1. The molecular formula is C15H12F3N5O3S. The molecule has 0 atom stereocenters. The molecule has 0 saturated carbocycles. The number of hydrogen-bond acceptors (Lipinski definition) is 6. The highest BCUT2D eigenvalue weighted by Crippen LogP contribution is 2.26. The number of benzene rings is 2. The molecule has 0 aliphatic carbocycles. The number of aromatic nitrogens is 4. The summed E-state index contributed by atoms with van der Waals surface area (Å²) in [5.41, 5.74) is 0.822. The molecular weight excluding hydrogens is 387 g/mol. The molecule has 3 rings (SSSR count). The minimum absolute atomic E-state index is 0.220. The van der Waals surface area contributed by atoms with E-state index in [1.165, 1.54) is 16.8 Å². The van der Waals surface area contributed by atoms with Gasteiger partial charge in [0, 0.05) is 18.3 Å². The van der Waals surface area contributed by atoms with E-state index in [0.717, 1.165) is 24.3 Å². The predicted molar refractivity (Wildman–Crippen MR) is 88.2 cm³/mol. The van der Waals surface area contributed by atoms with Crippen LogP contribution in [0.3, 0.4) is 0 Å². The summed E-state index contributed by atoms with van der Waals surface area (Å²) in [5.74, 6) is -0.0806. The van der Waals surface area contributed by atoms with E-state index in [-0.39, 0.29) is 10.6 Å². The van der Waals surface area contributed by atoms with E-state index in [4.69, 9.17) is 0 Å². The summed E-state index contributed by atoms with van der Waals surface area (Å²) in [6.45, 7) is 0. The number of rotatable bonds is 5. The van der Waals surface area contributed by atoms with Crippen molar-refractivity contribution < 1.29 is 26.3 Å². The van der Waals surface area contributed by atoms with Crippen LogP contribution in [0.15, 0.2) is 53.4 Å². The Balaban J connectivity index is 1.82. The van der Waals surface area contributed by atoms with Gasteiger partial charge in [0.2, 0.25) is 0 Å². The van der Waals surface area contributed by atoms with Crippen molar-refractivity contribution in [1.82, 2.24) is 20.2 Å². The molecule has 2 aromatic carbocycles. The van der Waals surface area contributed by atoms with Crippen molar-refractivity contribution in [2.45, 2.75) is 11.3 Å². The molecule has 0 radical (unpaired) electrons. The molecule has 0 spiro atoms. The van der Waals surface area contributed by atoms with Gasteiger partial charge in [-0.1, -0.05) is 12.1 Å². The minimum atomic E-state index is -4.85. The molecule has 12 heteroatoms. The summed E-state index contributed by atoms with van der Waals surface area (Å²) in [7, 11) is -2.38. The highest BCUT2D eigenvalue weighted by molar-refractivity contribution is 7.92. The molecule has 0 bridgehead atoms. The van der Waals surface area contributed by atoms with E-state index in [2.05, 4.69) is 25.0 Å². The number of hydrogen-bond donors (Lipinski definition) is 1. The van der Waals surface area contributed by atoms with Crippen molar-refractivity contribution >= 4 is 15.7 Å². The van der Waals surface area contributed by atoms with Gasteiger partial charge < -0.3 is 4.74 Å². The average molecular weight is 399 g/mol. The maximum absolute atomic E-state index is 12.4. The Morgan fingerprint density at radius 2 is 1.81 bits per heavy atom. The molecule has 1 N–H and O–H groups in total. The van der Waals surface area contributed by atoms with Gasteiger partial charge in [-0.15, -0.1) is 18.3 Å². The van der Waals surface area contributed by atoms with Gasteiger partial charge in [-0.25, -0.2) is 13.1 Å². The maximum Gasteiger partial charge on any atom is 0.573 e. The van der Waals surface area contributed by atoms with Crippen molar-refractivity contribution in [3.8, 4) is 17.1 Å². The Labute approximate surface area is 151 Å². The van der Waals surface area contributed by atoms with Gasteiger partial charge >= 0.3 is 6.36 Å². The number of nitrogens with one attached hydrogen (secondary N) is 1. The third kappa shape index (κ3) is 4.53. The second kappa shape index (κ2) is 6.87. The molecule has 0 unspecified atom stereocenters. The Kier molecular flexibility index (Phi) is 4.74. The second-order valence-electron chi connectivity index (χ2n) is 5.33. The number of alkyl halides is 3. The van der Waals surface area contributed by atoms with Gasteiger partial charge in [0.15, 0.2) is 5.82 Å². The normalized spacial score (nSPS) is 12.0. The zero-order valence-electron chi connectivity index (χ0n) is 13.7. The first-order valence-corrected chi connectivity index (χ1v) is 8.84. The first-order valence-electron chi connectivity index (χ1n) is 7.35. The summed E-state index contributed by atoms with van der Waals surface area (Å²) < 4.78 is 68.9. The number of halogens is 3. The highest BCUT2D eigenvalue weighted by Gasteiger charge is 2.31. The summed E-state index contributed by atoms with van der Waals surface area (Å²) in [6, 6.07) is 10.2. The van der Waals surface area contributed by atoms with Gasteiger partial charge in [0.1, 0.15) is 5.75 Å². The summed E-state index contributed by atoms with van der Waals surface area (Å²) >= 11 is 0. The number of ether oxygens (including phenoxy) is 1. The predicted octanol–water partition coefficient (Wildman–Crippen LogP) is 2.58. The van der Waals surface area contributed by atoms with Crippen LogP contribution >= 0.6 is 0 Å². The number of tetrazole rings is 1. The maximum atomic E-state index is 12.4. The first-order chi connectivity index (χ1) is 12.6. The van der Waals surface area contributed by atoms with E-state index in [1.807, 2.05) is 0 Å². The van der Waals surface area contributed by atoms with Crippen molar-refractivity contribution in [2.24, 2.45) is 7.05 Å². The fraction of sp³-hybridized carbons (Fsp3) is 0.133. The minimum Gasteiger partial charge on any atom is -0.406 e. The molecule has 0 saturated heterocycles. The van der Waals surface area contributed by atoms with E-state index >= 15 is 0 Å². The van der Waals surface area contributed by atoms with Crippen molar-refractivity contribution in [3.63, 3.8) is 0 Å². The number of sulfonamides is 1. The summed E-state index contributed by atoms with van der Waals surface area (Å²) in [4.78, 5) is -0.220. The lowest BCUT2D eigenvalue weighted by Crippen LogP contribution is -2.17. The largest absolute Gasteiger partial charge is 0.573 e. The lowest BCUT2D eigenvalue weighted by molar-refractivity contribution is -0.274. The Morgan fingerprint density at radius 3 is 2.41 bits per heavy atom. The van der Waals surface area contributed by atoms with Crippen LogP contribution in [0.25, 0.3) is 11.4 Å². The fourth-order valence-electron chi connectivity index (χ4n) is 2.23. The van der Waals surface area contributed by atoms with Crippen molar-refractivity contribution in [3.05, 3.63) is 48.5 Å². The van der Waals surface area contributed by atoms with Gasteiger partial charge in [-0.05, 0) is 46.8 Å². The standard InChI is InChI=1S/C15H12F3N5O3S/c1-23-14(19-21-22-23)10-3-2-4-11(9-10)20-27(24,25)13-7-5-12(6-8-13)26-15(16,17)18/h2-9,20H,1H3. The van der Waals surface area contributed by atoms with Gasteiger partial charge in [0.05, 0.1) is 4.90 Å².